The summed E-state index contributed by atoms with van der Waals surface area (Å²) in [4.78, 5) is 46.8. The number of nitrogens with zero attached hydrogens (tertiary/aromatic N) is 2. The first kappa shape index (κ1) is 31.6. The van der Waals surface area contributed by atoms with Gasteiger partial charge in [-0.1, -0.05) is 24.1 Å². The van der Waals surface area contributed by atoms with Gasteiger partial charge in [-0.3, -0.25) is 4.79 Å². The fourth-order valence-electron chi connectivity index (χ4n) is 4.46. The molecule has 0 unspecified atom stereocenters. The molecule has 0 bridgehead atoms. The third kappa shape index (κ3) is 7.85. The number of carboxylic acids is 1. The van der Waals surface area contributed by atoms with Crippen molar-refractivity contribution in [2.45, 2.75) is 75.4 Å². The van der Waals surface area contributed by atoms with E-state index in [0.29, 0.717) is 32.2 Å². The van der Waals surface area contributed by atoms with Crippen molar-refractivity contribution in [2.24, 2.45) is 0 Å². The third-order valence-corrected chi connectivity index (χ3v) is 8.91. The molecule has 40 heavy (non-hydrogen) atoms. The maximum absolute atomic E-state index is 13.1. The first-order valence-corrected chi connectivity index (χ1v) is 14.4. The number of rotatable bonds is 6. The number of aromatic amines is 1. The molecule has 2 heterocycles. The van der Waals surface area contributed by atoms with E-state index in [0.717, 1.165) is 25.7 Å². The van der Waals surface area contributed by atoms with Crippen LogP contribution in [0.2, 0.25) is 0 Å². The number of benzene rings is 1. The van der Waals surface area contributed by atoms with Gasteiger partial charge in [-0.25, -0.2) is 14.6 Å². The standard InChI is InChI=1S/C25H31N3O3S2.C2HF3O2/c1-14-10-11-15(2)19(12-14)32-13-20-26-23(29)21-16(3)22(33-24(21)27-20)25(30)31-18-9-7-6-8-17(18)28(4)5;3-2(4,5)1(6)7/h10-12,17-18H,6-9,13H2,1-5H3,(H,26,27,29);(H,6,7)/t17-,18-;/m1./s1. The van der Waals surface area contributed by atoms with Crippen molar-refractivity contribution < 1.29 is 32.6 Å². The average molecular weight is 600 g/mol. The number of hydrogen-bond acceptors (Lipinski definition) is 8. The Bertz CT molecular complexity index is 1440. The van der Waals surface area contributed by atoms with Gasteiger partial charge in [-0.15, -0.1) is 23.1 Å². The van der Waals surface area contributed by atoms with Crippen molar-refractivity contribution in [3.8, 4) is 0 Å². The SMILES string of the molecule is Cc1ccc(C)c(SCc2nc3sc(C(=O)O[C@@H]4CCCC[C@H]4N(C)C)c(C)c3c(=O)[nH]2)c1.O=C(O)C(F)(F)F. The largest absolute Gasteiger partial charge is 0.490 e. The molecule has 2 atom stereocenters. The zero-order chi connectivity index (χ0) is 29.8. The number of carbonyl (C=O) groups excluding carboxylic acids is 1. The van der Waals surface area contributed by atoms with Crippen LogP contribution in [0.4, 0.5) is 13.2 Å². The Balaban J connectivity index is 0.000000559. The van der Waals surface area contributed by atoms with Crippen LogP contribution >= 0.6 is 23.1 Å². The molecule has 1 fully saturated rings. The lowest BCUT2D eigenvalue weighted by Crippen LogP contribution is -2.43. The van der Waals surface area contributed by atoms with E-state index in [1.807, 2.05) is 14.1 Å². The van der Waals surface area contributed by atoms with Gasteiger partial charge < -0.3 is 19.7 Å². The lowest BCUT2D eigenvalue weighted by molar-refractivity contribution is -0.192. The number of esters is 1. The maximum atomic E-state index is 13.1. The van der Waals surface area contributed by atoms with Crippen molar-refractivity contribution in [3.05, 3.63) is 55.9 Å². The number of fused-ring (bicyclic) bond motifs is 1. The van der Waals surface area contributed by atoms with Crippen LogP contribution < -0.4 is 5.56 Å². The number of aromatic nitrogens is 2. The highest BCUT2D eigenvalue weighted by molar-refractivity contribution is 7.98. The van der Waals surface area contributed by atoms with Crippen molar-refractivity contribution in [3.63, 3.8) is 0 Å². The Labute approximate surface area is 237 Å². The van der Waals surface area contributed by atoms with Gasteiger partial charge in [0, 0.05) is 10.9 Å². The third-order valence-electron chi connectivity index (χ3n) is 6.57. The summed E-state index contributed by atoms with van der Waals surface area (Å²) in [5.74, 6) is -1.94. The summed E-state index contributed by atoms with van der Waals surface area (Å²) < 4.78 is 37.7. The van der Waals surface area contributed by atoms with Gasteiger partial charge in [0.25, 0.3) is 5.56 Å². The van der Waals surface area contributed by atoms with E-state index >= 15 is 0 Å². The number of nitrogens with one attached hydrogen (secondary N) is 1. The number of H-pyrrole nitrogens is 1. The van der Waals surface area contributed by atoms with E-state index in [4.69, 9.17) is 14.6 Å². The summed E-state index contributed by atoms with van der Waals surface area (Å²) in [5, 5.41) is 7.61. The second-order valence-electron chi connectivity index (χ2n) is 9.87. The van der Waals surface area contributed by atoms with E-state index in [1.165, 1.54) is 27.4 Å². The molecule has 218 valence electrons. The normalized spacial score (nSPS) is 17.4. The first-order valence-electron chi connectivity index (χ1n) is 12.6. The van der Waals surface area contributed by atoms with Gasteiger partial charge in [0.1, 0.15) is 21.6 Å². The Kier molecular flexibility index (Phi) is 10.4. The van der Waals surface area contributed by atoms with Crippen molar-refractivity contribution >= 4 is 45.3 Å². The Morgan fingerprint density at radius 3 is 2.48 bits per heavy atom. The van der Waals surface area contributed by atoms with E-state index in [9.17, 15) is 22.8 Å². The van der Waals surface area contributed by atoms with Crippen LogP contribution in [-0.4, -0.2) is 64.3 Å². The molecule has 8 nitrogen and oxygen atoms in total. The van der Waals surface area contributed by atoms with Gasteiger partial charge >= 0.3 is 18.1 Å². The molecule has 1 aliphatic rings. The molecule has 2 N–H and O–H groups in total. The van der Waals surface area contributed by atoms with E-state index in [-0.39, 0.29) is 23.7 Å². The molecule has 0 aliphatic heterocycles. The minimum atomic E-state index is -5.08. The van der Waals surface area contributed by atoms with Gasteiger partial charge in [-0.05, 0) is 71.3 Å². The summed E-state index contributed by atoms with van der Waals surface area (Å²) in [7, 11) is 4.06. The topological polar surface area (TPSA) is 113 Å². The molecule has 0 saturated heterocycles. The summed E-state index contributed by atoms with van der Waals surface area (Å²) >= 11 is 2.91. The summed E-state index contributed by atoms with van der Waals surface area (Å²) in [6.45, 7) is 5.95. The number of thiophene rings is 1. The number of ether oxygens (including phenoxy) is 1. The monoisotopic (exact) mass is 599 g/mol. The minimum Gasteiger partial charge on any atom is -0.475 e. The van der Waals surface area contributed by atoms with Gasteiger partial charge in [0.15, 0.2) is 0 Å². The van der Waals surface area contributed by atoms with Gasteiger partial charge in [0.2, 0.25) is 0 Å². The molecule has 0 radical (unpaired) electrons. The van der Waals surface area contributed by atoms with Crippen LogP contribution in [0, 0.1) is 20.8 Å². The molecule has 13 heteroatoms. The lowest BCUT2D eigenvalue weighted by Gasteiger charge is -2.35. The molecule has 1 aromatic carbocycles. The molecule has 4 rings (SSSR count). The molecular formula is C27H32F3N3O5S2. The second kappa shape index (κ2) is 13.2. The fourth-order valence-corrected chi connectivity index (χ4v) is 6.53. The number of alkyl halides is 3. The molecule has 1 aliphatic carbocycles. The molecule has 0 amide bonds. The highest BCUT2D eigenvalue weighted by Gasteiger charge is 2.38. The van der Waals surface area contributed by atoms with Crippen molar-refractivity contribution in [1.29, 1.82) is 0 Å². The summed E-state index contributed by atoms with van der Waals surface area (Å²) in [6.07, 6.45) is -1.09. The lowest BCUT2D eigenvalue weighted by atomic mass is 9.91. The number of aryl methyl sites for hydroxylation is 3. The van der Waals surface area contributed by atoms with Gasteiger partial charge in [-0.2, -0.15) is 13.2 Å². The number of hydrogen-bond donors (Lipinski definition) is 2. The van der Waals surface area contributed by atoms with E-state index < -0.39 is 12.1 Å². The Morgan fingerprint density at radius 1 is 1.20 bits per heavy atom. The second-order valence-corrected chi connectivity index (χ2v) is 11.9. The van der Waals surface area contributed by atoms with Gasteiger partial charge in [0.05, 0.1) is 11.1 Å². The van der Waals surface area contributed by atoms with Crippen LogP contribution in [0.15, 0.2) is 27.9 Å². The Hall–Kier alpha value is -2.90. The molecule has 0 spiro atoms. The fraction of sp³-hybridized carbons (Fsp3) is 0.481. The summed E-state index contributed by atoms with van der Waals surface area (Å²) in [5.41, 5.74) is 2.85. The van der Waals surface area contributed by atoms with Crippen LogP contribution in [0.1, 0.15) is 57.9 Å². The number of aliphatic carboxylic acids is 1. The average Bonchev–Trinajstić information content (AvgIpc) is 3.21. The molecule has 3 aromatic rings. The Morgan fingerprint density at radius 2 is 1.85 bits per heavy atom. The number of halogens is 3. The molecule has 2 aromatic heterocycles. The van der Waals surface area contributed by atoms with E-state index in [2.05, 4.69) is 46.9 Å². The highest BCUT2D eigenvalue weighted by atomic mass is 32.2. The van der Waals surface area contributed by atoms with Crippen LogP contribution in [0.3, 0.4) is 0 Å². The molecule has 1 saturated carbocycles. The summed E-state index contributed by atoms with van der Waals surface area (Å²) in [6, 6.07) is 6.57. The molecular weight excluding hydrogens is 567 g/mol. The van der Waals surface area contributed by atoms with E-state index in [1.54, 1.807) is 18.7 Å². The minimum absolute atomic E-state index is 0.123. The predicted molar refractivity (Wildman–Crippen MR) is 149 cm³/mol. The van der Waals surface area contributed by atoms with Crippen LogP contribution in [0.5, 0.6) is 0 Å². The number of thioether (sulfide) groups is 1. The number of carboxylic acid groups (broad SMARTS) is 1. The highest BCUT2D eigenvalue weighted by Crippen LogP contribution is 2.32. The number of carbonyl (C=O) groups is 2. The quantitative estimate of drug-likeness (QED) is 0.268. The maximum Gasteiger partial charge on any atom is 0.490 e. The zero-order valence-corrected chi connectivity index (χ0v) is 24.5. The zero-order valence-electron chi connectivity index (χ0n) is 22.8. The van der Waals surface area contributed by atoms with Crippen LogP contribution in [-0.2, 0) is 15.3 Å². The van der Waals surface area contributed by atoms with Crippen molar-refractivity contribution in [1.82, 2.24) is 14.9 Å². The first-order chi connectivity index (χ1) is 18.7. The smallest absolute Gasteiger partial charge is 0.475 e. The number of likely N-dealkylation sites (N-methyl/N-ethyl adjacent to an activating group) is 1. The predicted octanol–water partition coefficient (Wildman–Crippen LogP) is 5.87. The van der Waals surface area contributed by atoms with Crippen LogP contribution in [0.25, 0.3) is 10.2 Å². The van der Waals surface area contributed by atoms with Crippen molar-refractivity contribution in [2.75, 3.05) is 14.1 Å².